The highest BCUT2D eigenvalue weighted by Gasteiger charge is 2.07. The number of pyridine rings is 1. The SMILES string of the molecule is O=c1[nH]c(-c2cc(-c3ccncc3)c[nH]2)no1. The third-order valence-corrected chi connectivity index (χ3v) is 2.39. The van der Waals surface area contributed by atoms with Crippen molar-refractivity contribution in [3.63, 3.8) is 0 Å². The molecule has 84 valence electrons. The summed E-state index contributed by atoms with van der Waals surface area (Å²) in [5.74, 6) is -0.185. The van der Waals surface area contributed by atoms with E-state index in [1.807, 2.05) is 24.4 Å². The topological polar surface area (TPSA) is 87.6 Å². The third-order valence-electron chi connectivity index (χ3n) is 2.39. The Labute approximate surface area is 95.3 Å². The minimum Gasteiger partial charge on any atom is -0.358 e. The van der Waals surface area contributed by atoms with E-state index in [1.54, 1.807) is 12.4 Å². The largest absolute Gasteiger partial charge is 0.439 e. The molecular weight excluding hydrogens is 220 g/mol. The van der Waals surface area contributed by atoms with Crippen molar-refractivity contribution >= 4 is 0 Å². The van der Waals surface area contributed by atoms with E-state index >= 15 is 0 Å². The molecule has 6 nitrogen and oxygen atoms in total. The molecule has 0 fully saturated rings. The Bertz CT molecular complexity index is 681. The predicted molar refractivity (Wildman–Crippen MR) is 60.1 cm³/mol. The molecule has 0 aromatic carbocycles. The Morgan fingerprint density at radius 1 is 1.18 bits per heavy atom. The van der Waals surface area contributed by atoms with Gasteiger partial charge in [0.2, 0.25) is 0 Å². The zero-order valence-corrected chi connectivity index (χ0v) is 8.68. The van der Waals surface area contributed by atoms with Crippen molar-refractivity contribution in [2.24, 2.45) is 0 Å². The smallest absolute Gasteiger partial charge is 0.358 e. The fourth-order valence-corrected chi connectivity index (χ4v) is 1.59. The Morgan fingerprint density at radius 3 is 2.71 bits per heavy atom. The normalized spacial score (nSPS) is 10.6. The summed E-state index contributed by atoms with van der Waals surface area (Å²) in [6.07, 6.45) is 5.28. The van der Waals surface area contributed by atoms with Crippen LogP contribution in [0.5, 0.6) is 0 Å². The Kier molecular flexibility index (Phi) is 2.11. The number of nitrogens with zero attached hydrogens (tertiary/aromatic N) is 2. The molecule has 0 bridgehead atoms. The van der Waals surface area contributed by atoms with Crippen LogP contribution in [-0.2, 0) is 0 Å². The highest BCUT2D eigenvalue weighted by atomic mass is 16.5. The first-order valence-corrected chi connectivity index (χ1v) is 4.98. The molecule has 0 atom stereocenters. The molecule has 0 saturated heterocycles. The highest BCUT2D eigenvalue weighted by Crippen LogP contribution is 2.22. The van der Waals surface area contributed by atoms with Gasteiger partial charge in [0.15, 0.2) is 5.82 Å². The summed E-state index contributed by atoms with van der Waals surface area (Å²) in [7, 11) is 0. The molecule has 17 heavy (non-hydrogen) atoms. The number of hydrogen-bond donors (Lipinski definition) is 2. The van der Waals surface area contributed by atoms with Crippen LogP contribution in [0.2, 0.25) is 0 Å². The van der Waals surface area contributed by atoms with Gasteiger partial charge in [0.1, 0.15) is 0 Å². The van der Waals surface area contributed by atoms with Gasteiger partial charge in [0, 0.05) is 18.6 Å². The van der Waals surface area contributed by atoms with Crippen molar-refractivity contribution in [3.05, 3.63) is 47.3 Å². The second kappa shape index (κ2) is 3.75. The zero-order chi connectivity index (χ0) is 11.7. The Hall–Kier alpha value is -2.63. The van der Waals surface area contributed by atoms with E-state index in [0.717, 1.165) is 11.1 Å². The number of aromatic amines is 2. The van der Waals surface area contributed by atoms with Crippen molar-refractivity contribution in [3.8, 4) is 22.6 Å². The van der Waals surface area contributed by atoms with Crippen LogP contribution in [0.25, 0.3) is 22.6 Å². The number of aromatic nitrogens is 4. The second-order valence-corrected chi connectivity index (χ2v) is 3.48. The molecular formula is C11H8N4O2. The lowest BCUT2D eigenvalue weighted by Crippen LogP contribution is -1.94. The van der Waals surface area contributed by atoms with E-state index in [-0.39, 0.29) is 0 Å². The molecule has 3 heterocycles. The van der Waals surface area contributed by atoms with E-state index < -0.39 is 5.76 Å². The molecule has 3 aromatic heterocycles. The summed E-state index contributed by atoms with van der Waals surface area (Å²) < 4.78 is 4.44. The first-order chi connectivity index (χ1) is 8.33. The third kappa shape index (κ3) is 1.76. The first-order valence-electron chi connectivity index (χ1n) is 4.98. The van der Waals surface area contributed by atoms with Gasteiger partial charge >= 0.3 is 5.76 Å². The van der Waals surface area contributed by atoms with Gasteiger partial charge in [-0.1, -0.05) is 5.16 Å². The molecule has 0 aliphatic carbocycles. The van der Waals surface area contributed by atoms with E-state index in [9.17, 15) is 4.79 Å². The monoisotopic (exact) mass is 228 g/mol. The molecule has 0 unspecified atom stereocenters. The highest BCUT2D eigenvalue weighted by molar-refractivity contribution is 5.68. The lowest BCUT2D eigenvalue weighted by atomic mass is 10.1. The maximum Gasteiger partial charge on any atom is 0.439 e. The molecule has 0 spiro atoms. The van der Waals surface area contributed by atoms with Gasteiger partial charge in [-0.2, -0.15) is 0 Å². The molecule has 0 amide bonds. The average Bonchev–Trinajstić information content (AvgIpc) is 2.98. The quantitative estimate of drug-likeness (QED) is 0.694. The minimum atomic E-state index is -0.569. The fraction of sp³-hybridized carbons (Fsp3) is 0. The number of rotatable bonds is 2. The fourth-order valence-electron chi connectivity index (χ4n) is 1.59. The van der Waals surface area contributed by atoms with Crippen LogP contribution in [0, 0.1) is 0 Å². The van der Waals surface area contributed by atoms with Crippen molar-refractivity contribution in [2.45, 2.75) is 0 Å². The van der Waals surface area contributed by atoms with Gasteiger partial charge in [0.25, 0.3) is 0 Å². The lowest BCUT2D eigenvalue weighted by molar-refractivity contribution is 0.388. The van der Waals surface area contributed by atoms with Gasteiger partial charge in [-0.25, -0.2) is 4.79 Å². The molecule has 0 aliphatic rings. The molecule has 3 rings (SSSR count). The number of hydrogen-bond acceptors (Lipinski definition) is 4. The van der Waals surface area contributed by atoms with Crippen LogP contribution in [0.15, 0.2) is 46.1 Å². The lowest BCUT2D eigenvalue weighted by Gasteiger charge is -1.93. The van der Waals surface area contributed by atoms with Crippen LogP contribution in [0.3, 0.4) is 0 Å². The zero-order valence-electron chi connectivity index (χ0n) is 8.68. The van der Waals surface area contributed by atoms with Crippen molar-refractivity contribution in [1.82, 2.24) is 20.1 Å². The summed E-state index contributed by atoms with van der Waals surface area (Å²) in [6, 6.07) is 5.68. The van der Waals surface area contributed by atoms with Gasteiger partial charge < -0.3 is 4.98 Å². The summed E-state index contributed by atoms with van der Waals surface area (Å²) >= 11 is 0. The first kappa shape index (κ1) is 9.59. The Balaban J connectivity index is 2.01. The van der Waals surface area contributed by atoms with Crippen LogP contribution in [0.1, 0.15) is 0 Å². The van der Waals surface area contributed by atoms with Crippen molar-refractivity contribution in [2.75, 3.05) is 0 Å². The second-order valence-electron chi connectivity index (χ2n) is 3.48. The van der Waals surface area contributed by atoms with Gasteiger partial charge in [-0.15, -0.1) is 0 Å². The summed E-state index contributed by atoms with van der Waals surface area (Å²) in [6.45, 7) is 0. The van der Waals surface area contributed by atoms with Crippen LogP contribution >= 0.6 is 0 Å². The summed E-state index contributed by atoms with van der Waals surface area (Å²) in [4.78, 5) is 20.3. The van der Waals surface area contributed by atoms with Gasteiger partial charge in [-0.3, -0.25) is 14.5 Å². The van der Waals surface area contributed by atoms with Crippen molar-refractivity contribution < 1.29 is 4.52 Å². The maximum atomic E-state index is 10.8. The van der Waals surface area contributed by atoms with E-state index in [2.05, 4.69) is 24.6 Å². The maximum absolute atomic E-state index is 10.8. The minimum absolute atomic E-state index is 0.385. The standard InChI is InChI=1S/C11H8N4O2/c16-11-14-10(15-17-11)9-5-8(6-13-9)7-1-3-12-4-2-7/h1-6,13H,(H,14,15,16). The molecule has 0 saturated carbocycles. The number of H-pyrrole nitrogens is 2. The average molecular weight is 228 g/mol. The molecule has 2 N–H and O–H groups in total. The summed E-state index contributed by atoms with van der Waals surface area (Å²) in [5.41, 5.74) is 2.72. The van der Waals surface area contributed by atoms with Gasteiger partial charge in [-0.05, 0) is 29.3 Å². The molecule has 6 heteroatoms. The van der Waals surface area contributed by atoms with Crippen LogP contribution in [0.4, 0.5) is 0 Å². The predicted octanol–water partition coefficient (Wildman–Crippen LogP) is 1.42. The molecule has 0 aliphatic heterocycles. The van der Waals surface area contributed by atoms with Crippen molar-refractivity contribution in [1.29, 1.82) is 0 Å². The molecule has 0 radical (unpaired) electrons. The number of nitrogens with one attached hydrogen (secondary N) is 2. The van der Waals surface area contributed by atoms with E-state index in [4.69, 9.17) is 0 Å². The van der Waals surface area contributed by atoms with Crippen LogP contribution < -0.4 is 5.76 Å². The Morgan fingerprint density at radius 2 is 2.00 bits per heavy atom. The molecule has 3 aromatic rings. The van der Waals surface area contributed by atoms with E-state index in [0.29, 0.717) is 11.5 Å². The summed E-state index contributed by atoms with van der Waals surface area (Å²) in [5, 5.41) is 3.61. The van der Waals surface area contributed by atoms with Gasteiger partial charge in [0.05, 0.1) is 5.69 Å². The van der Waals surface area contributed by atoms with E-state index in [1.165, 1.54) is 0 Å². The van der Waals surface area contributed by atoms with Crippen LogP contribution in [-0.4, -0.2) is 20.1 Å².